The minimum Gasteiger partial charge on any atom is -0.479 e. The minimum absolute atomic E-state index is 0.0408. The third kappa shape index (κ3) is 10.8. The van der Waals surface area contributed by atoms with Crippen LogP contribution in [0.5, 0.6) is 0 Å². The van der Waals surface area contributed by atoms with Crippen molar-refractivity contribution in [3.05, 3.63) is 0 Å². The highest BCUT2D eigenvalue weighted by Gasteiger charge is 2.57. The van der Waals surface area contributed by atoms with Crippen LogP contribution < -0.4 is 5.73 Å². The second-order valence-corrected chi connectivity index (χ2v) is 15.0. The first-order valence-corrected chi connectivity index (χ1v) is 19.3. The van der Waals surface area contributed by atoms with E-state index in [1.807, 2.05) is 0 Å². The first-order chi connectivity index (χ1) is 28.9. The summed E-state index contributed by atoms with van der Waals surface area (Å²) in [6, 6.07) is 0. The third-order valence-electron chi connectivity index (χ3n) is 10.9. The Labute approximate surface area is 345 Å². The molecule has 25 atom stereocenters. The van der Waals surface area contributed by atoms with Gasteiger partial charge in [-0.05, 0) is 13.0 Å². The SMILES string of the molecule is NCCCO[C@H]1OC(CO)[C@H](O[C@H]2OC(CO)[C@@H](O[C@@H]3OC(CO)[C@@H](O[C@@H]4OC(C(=O)O)[C@@H](O[C@H]5OC(CO)[C@H](O)C(O)C5O)C(O)C4O)C(O)C3O)C(O)C2O)C(O)C1O. The highest BCUT2D eigenvalue weighted by molar-refractivity contribution is 5.73. The molecule has 5 aliphatic rings. The summed E-state index contributed by atoms with van der Waals surface area (Å²) in [7, 11) is 0. The molecule has 61 heavy (non-hydrogen) atoms. The maximum Gasteiger partial charge on any atom is 0.335 e. The van der Waals surface area contributed by atoms with Crippen molar-refractivity contribution in [3.8, 4) is 0 Å². The van der Waals surface area contributed by atoms with Crippen molar-refractivity contribution < 1.29 is 134 Å². The number of nitrogens with two attached hydrogens (primary N) is 1. The van der Waals surface area contributed by atoms with Gasteiger partial charge in [0.1, 0.15) is 116 Å². The molecule has 0 aromatic carbocycles. The fraction of sp³-hybridized carbons (Fsp3) is 0.970. The van der Waals surface area contributed by atoms with Gasteiger partial charge in [-0.15, -0.1) is 0 Å². The molecule has 28 nitrogen and oxygen atoms in total. The molecule has 5 rings (SSSR count). The Kier molecular flexibility index (Phi) is 18.3. The predicted octanol–water partition coefficient (Wildman–Crippen LogP) is -11.5. The third-order valence-corrected chi connectivity index (χ3v) is 10.9. The molecule has 15 unspecified atom stereocenters. The minimum atomic E-state index is -2.25. The quantitative estimate of drug-likeness (QED) is 0.0603. The maximum atomic E-state index is 12.2. The van der Waals surface area contributed by atoms with Crippen LogP contribution in [0.1, 0.15) is 6.42 Å². The van der Waals surface area contributed by atoms with Gasteiger partial charge in [0.15, 0.2) is 37.6 Å². The molecule has 0 radical (unpaired) electrons. The van der Waals surface area contributed by atoms with Gasteiger partial charge in [-0.1, -0.05) is 0 Å². The zero-order chi connectivity index (χ0) is 45.0. The monoisotopic (exact) mass is 899 g/mol. The van der Waals surface area contributed by atoms with E-state index in [9.17, 15) is 86.5 Å². The van der Waals surface area contributed by atoms with Crippen LogP contribution in [0.25, 0.3) is 0 Å². The Morgan fingerprint density at radius 1 is 0.426 bits per heavy atom. The summed E-state index contributed by atoms with van der Waals surface area (Å²) in [6.45, 7) is -3.38. The van der Waals surface area contributed by atoms with Crippen molar-refractivity contribution >= 4 is 5.97 Å². The van der Waals surface area contributed by atoms with E-state index < -0.39 is 186 Å². The first-order valence-electron chi connectivity index (χ1n) is 19.3. The average molecular weight is 900 g/mol. The van der Waals surface area contributed by atoms with E-state index in [4.69, 9.17) is 53.1 Å². The molecule has 0 aromatic heterocycles. The van der Waals surface area contributed by atoms with Crippen LogP contribution in [0, 0.1) is 0 Å². The van der Waals surface area contributed by atoms with E-state index >= 15 is 0 Å². The number of rotatable bonds is 17. The molecule has 5 aliphatic heterocycles. The molecule has 0 saturated carbocycles. The number of carboxylic acid groups (broad SMARTS) is 1. The highest BCUT2D eigenvalue weighted by Crippen LogP contribution is 2.35. The summed E-state index contributed by atoms with van der Waals surface area (Å²) in [4.78, 5) is 12.2. The largest absolute Gasteiger partial charge is 0.479 e. The summed E-state index contributed by atoms with van der Waals surface area (Å²) < 4.78 is 54.7. The number of hydrogen-bond acceptors (Lipinski definition) is 27. The van der Waals surface area contributed by atoms with Gasteiger partial charge < -0.3 is 135 Å². The lowest BCUT2D eigenvalue weighted by Gasteiger charge is -2.49. The van der Waals surface area contributed by atoms with Crippen LogP contribution in [0.3, 0.4) is 0 Å². The molecule has 5 fully saturated rings. The molecule has 0 bridgehead atoms. The van der Waals surface area contributed by atoms with Gasteiger partial charge in [0.25, 0.3) is 0 Å². The van der Waals surface area contributed by atoms with E-state index in [1.54, 1.807) is 0 Å². The second-order valence-electron chi connectivity index (χ2n) is 15.0. The smallest absolute Gasteiger partial charge is 0.335 e. The van der Waals surface area contributed by atoms with Crippen molar-refractivity contribution in [2.75, 3.05) is 39.6 Å². The van der Waals surface area contributed by atoms with E-state index in [0.29, 0.717) is 6.42 Å². The van der Waals surface area contributed by atoms with E-state index in [2.05, 4.69) is 0 Å². The van der Waals surface area contributed by atoms with Crippen LogP contribution in [0.4, 0.5) is 0 Å². The molecule has 0 aromatic rings. The van der Waals surface area contributed by atoms with Crippen LogP contribution in [-0.4, -0.2) is 281 Å². The van der Waals surface area contributed by atoms with E-state index in [-0.39, 0.29) is 13.2 Å². The normalized spacial score (nSPS) is 49.7. The summed E-state index contributed by atoms with van der Waals surface area (Å²) in [5, 5.41) is 168. The molecule has 0 amide bonds. The number of aliphatic hydroxyl groups is 15. The van der Waals surface area contributed by atoms with Gasteiger partial charge in [0, 0.05) is 0 Å². The highest BCUT2D eigenvalue weighted by atomic mass is 16.8. The van der Waals surface area contributed by atoms with Crippen LogP contribution in [-0.2, 0) is 52.2 Å². The Morgan fingerprint density at radius 3 is 1.15 bits per heavy atom. The summed E-state index contributed by atoms with van der Waals surface area (Å²) in [6.07, 6.45) is -47.2. The Hall–Kier alpha value is -1.57. The topological polar surface area (TPSA) is 459 Å². The van der Waals surface area contributed by atoms with Gasteiger partial charge in [-0.25, -0.2) is 4.79 Å². The van der Waals surface area contributed by atoms with Crippen LogP contribution in [0.15, 0.2) is 0 Å². The molecule has 0 aliphatic carbocycles. The number of carbonyl (C=O) groups is 1. The molecule has 5 saturated heterocycles. The molecule has 356 valence electrons. The summed E-state index contributed by atoms with van der Waals surface area (Å²) >= 11 is 0. The van der Waals surface area contributed by atoms with Gasteiger partial charge in [0.2, 0.25) is 0 Å². The van der Waals surface area contributed by atoms with E-state index in [1.165, 1.54) is 0 Å². The first kappa shape index (κ1) is 50.4. The van der Waals surface area contributed by atoms with Crippen molar-refractivity contribution in [1.29, 1.82) is 0 Å². The van der Waals surface area contributed by atoms with Crippen molar-refractivity contribution in [2.24, 2.45) is 5.73 Å². The standard InChI is InChI=1S/C33H57NO27/c34-2-1-3-52-29-19(46)14(41)23(9(5-36)54-29)57-31-20(47)15(42)24(10(6-37)55-31)58-32-21(48)16(43)25(11(7-38)56-32)59-33-22(49)17(44)26(27(61-33)28(50)51)60-30-18(45)13(40)12(39)8(4-35)53-30/h8-27,29-33,35-49H,1-7,34H2,(H,50,51)/t8?,9?,10?,11?,12-,13?,14?,15?,16?,17?,18?,19?,20?,21?,22?,23-,24+,25+,26-,27?,29-,30+,31+,32-,33+/m0/s1. The Bertz CT molecular complexity index is 1350. The fourth-order valence-electron chi connectivity index (χ4n) is 7.41. The van der Waals surface area contributed by atoms with Crippen molar-refractivity contribution in [3.63, 3.8) is 0 Å². The van der Waals surface area contributed by atoms with Crippen LogP contribution >= 0.6 is 0 Å². The molecular weight excluding hydrogens is 842 g/mol. The summed E-state index contributed by atoms with van der Waals surface area (Å²) in [5.41, 5.74) is 5.43. The molecular formula is C33H57NO27. The number of hydrogen-bond donors (Lipinski definition) is 17. The fourth-order valence-corrected chi connectivity index (χ4v) is 7.41. The van der Waals surface area contributed by atoms with Gasteiger partial charge in [0.05, 0.1) is 33.0 Å². The number of aliphatic hydroxyl groups excluding tert-OH is 15. The van der Waals surface area contributed by atoms with Gasteiger partial charge >= 0.3 is 5.97 Å². The zero-order valence-electron chi connectivity index (χ0n) is 32.1. The van der Waals surface area contributed by atoms with Crippen molar-refractivity contribution in [2.45, 2.75) is 160 Å². The number of ether oxygens (including phenoxy) is 10. The second kappa shape index (κ2) is 22.1. The number of aliphatic carboxylic acids is 1. The Morgan fingerprint density at radius 2 is 0.754 bits per heavy atom. The number of carboxylic acids is 1. The molecule has 0 spiro atoms. The lowest BCUT2D eigenvalue weighted by atomic mass is 9.95. The van der Waals surface area contributed by atoms with E-state index in [0.717, 1.165) is 0 Å². The Balaban J connectivity index is 1.23. The maximum absolute atomic E-state index is 12.2. The predicted molar refractivity (Wildman–Crippen MR) is 184 cm³/mol. The lowest BCUT2D eigenvalue weighted by Crippen LogP contribution is -2.68. The van der Waals surface area contributed by atoms with Crippen molar-refractivity contribution in [1.82, 2.24) is 0 Å². The molecule has 18 N–H and O–H groups in total. The summed E-state index contributed by atoms with van der Waals surface area (Å²) in [5.74, 6) is -1.84. The van der Waals surface area contributed by atoms with Gasteiger partial charge in [-0.2, -0.15) is 0 Å². The van der Waals surface area contributed by atoms with Crippen LogP contribution in [0.2, 0.25) is 0 Å². The average Bonchev–Trinajstić information content (AvgIpc) is 3.24. The lowest BCUT2D eigenvalue weighted by molar-refractivity contribution is -0.391. The van der Waals surface area contributed by atoms with Gasteiger partial charge in [-0.3, -0.25) is 0 Å². The molecule has 5 heterocycles. The zero-order valence-corrected chi connectivity index (χ0v) is 32.1. The molecule has 28 heteroatoms.